The highest BCUT2D eigenvalue weighted by Crippen LogP contribution is 2.17. The van der Waals surface area contributed by atoms with E-state index in [9.17, 15) is 13.2 Å². The van der Waals surface area contributed by atoms with Gasteiger partial charge in [0.05, 0.1) is 11.5 Å². The van der Waals surface area contributed by atoms with E-state index in [0.717, 1.165) is 0 Å². The molecule has 0 unspecified atom stereocenters. The fourth-order valence-electron chi connectivity index (χ4n) is 2.08. The number of sulfone groups is 1. The van der Waals surface area contributed by atoms with Gasteiger partial charge in [-0.15, -0.1) is 0 Å². The number of hydrogen-bond acceptors (Lipinski definition) is 4. The molecule has 1 aliphatic heterocycles. The predicted octanol–water partition coefficient (Wildman–Crippen LogP) is 1.56. The standard InChI is InChI=1S/C14H18N2O4S/c1-2-7-20-13-5-3-4-11(9-13)15-14(17)16-12-6-8-21(18,19)10-12/h2-5,9,12H,1,6-8,10H2,(H2,15,16,17)/t12-/m1/s1. The first-order valence-corrected chi connectivity index (χ1v) is 8.42. The van der Waals surface area contributed by atoms with Crippen molar-refractivity contribution in [2.75, 3.05) is 23.4 Å². The Labute approximate surface area is 124 Å². The first kappa shape index (κ1) is 15.4. The number of carbonyl (C=O) groups excluding carboxylic acids is 1. The summed E-state index contributed by atoms with van der Waals surface area (Å²) in [6.07, 6.45) is 2.09. The first-order valence-electron chi connectivity index (χ1n) is 6.60. The van der Waals surface area contributed by atoms with E-state index in [0.29, 0.717) is 24.5 Å². The summed E-state index contributed by atoms with van der Waals surface area (Å²) in [6, 6.07) is 6.21. The summed E-state index contributed by atoms with van der Waals surface area (Å²) in [4.78, 5) is 11.8. The number of carbonyl (C=O) groups is 1. The highest BCUT2D eigenvalue weighted by Gasteiger charge is 2.28. The van der Waals surface area contributed by atoms with Gasteiger partial charge in [0.15, 0.2) is 9.84 Å². The molecule has 7 heteroatoms. The molecule has 0 bridgehead atoms. The van der Waals surface area contributed by atoms with Crippen molar-refractivity contribution in [3.8, 4) is 5.75 Å². The van der Waals surface area contributed by atoms with Crippen LogP contribution in [0.3, 0.4) is 0 Å². The Morgan fingerprint density at radius 2 is 2.29 bits per heavy atom. The van der Waals surface area contributed by atoms with Gasteiger partial charge in [0.25, 0.3) is 0 Å². The zero-order valence-electron chi connectivity index (χ0n) is 11.5. The lowest BCUT2D eigenvalue weighted by atomic mass is 10.2. The smallest absolute Gasteiger partial charge is 0.319 e. The highest BCUT2D eigenvalue weighted by molar-refractivity contribution is 7.91. The summed E-state index contributed by atoms with van der Waals surface area (Å²) >= 11 is 0. The fourth-order valence-corrected chi connectivity index (χ4v) is 3.75. The molecular weight excluding hydrogens is 292 g/mol. The van der Waals surface area contributed by atoms with Crippen LogP contribution in [0.25, 0.3) is 0 Å². The molecule has 0 radical (unpaired) electrons. The van der Waals surface area contributed by atoms with Crippen LogP contribution in [-0.4, -0.2) is 38.6 Å². The van der Waals surface area contributed by atoms with Crippen molar-refractivity contribution in [1.29, 1.82) is 0 Å². The summed E-state index contributed by atoms with van der Waals surface area (Å²) in [5, 5.41) is 5.32. The number of hydrogen-bond donors (Lipinski definition) is 2. The topological polar surface area (TPSA) is 84.5 Å². The summed E-state index contributed by atoms with van der Waals surface area (Å²) in [7, 11) is -3.00. The van der Waals surface area contributed by atoms with E-state index in [1.165, 1.54) is 0 Å². The minimum absolute atomic E-state index is 0.00288. The molecular formula is C14H18N2O4S. The summed E-state index contributed by atoms with van der Waals surface area (Å²) in [5.74, 6) is 0.752. The lowest BCUT2D eigenvalue weighted by molar-refractivity contribution is 0.249. The molecule has 1 fully saturated rings. The maximum atomic E-state index is 11.8. The third kappa shape index (κ3) is 4.78. The van der Waals surface area contributed by atoms with Crippen LogP contribution in [0.5, 0.6) is 5.75 Å². The average molecular weight is 310 g/mol. The third-order valence-electron chi connectivity index (χ3n) is 3.03. The molecule has 21 heavy (non-hydrogen) atoms. The Bertz CT molecular complexity index is 628. The summed E-state index contributed by atoms with van der Waals surface area (Å²) in [6.45, 7) is 3.95. The lowest BCUT2D eigenvalue weighted by Gasteiger charge is -2.12. The highest BCUT2D eigenvalue weighted by atomic mass is 32.2. The first-order chi connectivity index (χ1) is 9.98. The molecule has 6 nitrogen and oxygen atoms in total. The van der Waals surface area contributed by atoms with Crippen LogP contribution >= 0.6 is 0 Å². The van der Waals surface area contributed by atoms with Crippen LogP contribution in [0, 0.1) is 0 Å². The summed E-state index contributed by atoms with van der Waals surface area (Å²) < 4.78 is 28.0. The molecule has 1 aromatic carbocycles. The summed E-state index contributed by atoms with van der Waals surface area (Å²) in [5.41, 5.74) is 0.579. The van der Waals surface area contributed by atoms with Gasteiger partial charge < -0.3 is 15.4 Å². The Morgan fingerprint density at radius 1 is 1.48 bits per heavy atom. The fraction of sp³-hybridized carbons (Fsp3) is 0.357. The molecule has 1 aliphatic rings. The van der Waals surface area contributed by atoms with E-state index in [4.69, 9.17) is 4.74 Å². The number of nitrogens with one attached hydrogen (secondary N) is 2. The number of benzene rings is 1. The lowest BCUT2D eigenvalue weighted by Crippen LogP contribution is -2.38. The van der Waals surface area contributed by atoms with E-state index >= 15 is 0 Å². The van der Waals surface area contributed by atoms with Gasteiger partial charge >= 0.3 is 6.03 Å². The van der Waals surface area contributed by atoms with E-state index in [2.05, 4.69) is 17.2 Å². The van der Waals surface area contributed by atoms with E-state index in [-0.39, 0.29) is 17.5 Å². The van der Waals surface area contributed by atoms with Gasteiger partial charge in [-0.05, 0) is 18.6 Å². The number of amides is 2. The predicted molar refractivity (Wildman–Crippen MR) is 81.3 cm³/mol. The van der Waals surface area contributed by atoms with Crippen molar-refractivity contribution in [1.82, 2.24) is 5.32 Å². The quantitative estimate of drug-likeness (QED) is 0.808. The molecule has 0 aromatic heterocycles. The minimum atomic E-state index is -3.00. The number of anilines is 1. The van der Waals surface area contributed by atoms with Gasteiger partial charge in [-0.1, -0.05) is 18.7 Å². The van der Waals surface area contributed by atoms with Crippen LogP contribution in [0.2, 0.25) is 0 Å². The molecule has 114 valence electrons. The third-order valence-corrected chi connectivity index (χ3v) is 4.80. The Hall–Kier alpha value is -2.02. The maximum Gasteiger partial charge on any atom is 0.319 e. The normalized spacial score (nSPS) is 19.7. The largest absolute Gasteiger partial charge is 0.489 e. The van der Waals surface area contributed by atoms with Gasteiger partial charge in [0.2, 0.25) is 0 Å². The van der Waals surface area contributed by atoms with E-state index in [1.54, 1.807) is 30.3 Å². The van der Waals surface area contributed by atoms with Gasteiger partial charge in [0, 0.05) is 17.8 Å². The van der Waals surface area contributed by atoms with Crippen LogP contribution in [-0.2, 0) is 9.84 Å². The second-order valence-corrected chi connectivity index (χ2v) is 7.05. The van der Waals surface area contributed by atoms with E-state index < -0.39 is 15.9 Å². The monoisotopic (exact) mass is 310 g/mol. The molecule has 1 saturated heterocycles. The van der Waals surface area contributed by atoms with Crippen LogP contribution in [0.1, 0.15) is 6.42 Å². The molecule has 0 spiro atoms. The Morgan fingerprint density at radius 3 is 2.95 bits per heavy atom. The van der Waals surface area contributed by atoms with Crippen molar-refractivity contribution < 1.29 is 17.9 Å². The molecule has 2 rings (SSSR count). The minimum Gasteiger partial charge on any atom is -0.489 e. The van der Waals surface area contributed by atoms with E-state index in [1.807, 2.05) is 0 Å². The number of urea groups is 1. The Balaban J connectivity index is 1.89. The second kappa shape index (κ2) is 6.62. The second-order valence-electron chi connectivity index (χ2n) is 4.83. The van der Waals surface area contributed by atoms with Gasteiger partial charge in [-0.3, -0.25) is 0 Å². The molecule has 1 aromatic rings. The molecule has 2 amide bonds. The number of ether oxygens (including phenoxy) is 1. The average Bonchev–Trinajstić information content (AvgIpc) is 2.75. The SMILES string of the molecule is C=CCOc1cccc(NC(=O)N[C@@H]2CCS(=O)(=O)C2)c1. The van der Waals surface area contributed by atoms with Gasteiger partial charge in [0.1, 0.15) is 12.4 Å². The molecule has 2 N–H and O–H groups in total. The molecule has 0 saturated carbocycles. The van der Waals surface area contributed by atoms with Crippen LogP contribution < -0.4 is 15.4 Å². The Kier molecular flexibility index (Phi) is 4.85. The molecule has 0 aliphatic carbocycles. The van der Waals surface area contributed by atoms with Gasteiger partial charge in [-0.2, -0.15) is 0 Å². The van der Waals surface area contributed by atoms with Crippen molar-refractivity contribution in [2.45, 2.75) is 12.5 Å². The van der Waals surface area contributed by atoms with Crippen molar-refractivity contribution in [2.24, 2.45) is 0 Å². The van der Waals surface area contributed by atoms with Crippen molar-refractivity contribution in [3.63, 3.8) is 0 Å². The zero-order valence-corrected chi connectivity index (χ0v) is 12.4. The maximum absolute atomic E-state index is 11.8. The van der Waals surface area contributed by atoms with Crippen molar-refractivity contribution in [3.05, 3.63) is 36.9 Å². The zero-order chi connectivity index (χ0) is 15.3. The number of rotatable bonds is 5. The van der Waals surface area contributed by atoms with Crippen LogP contribution in [0.15, 0.2) is 36.9 Å². The molecule has 1 heterocycles. The van der Waals surface area contributed by atoms with Crippen molar-refractivity contribution >= 4 is 21.6 Å². The van der Waals surface area contributed by atoms with Gasteiger partial charge in [-0.25, -0.2) is 13.2 Å². The van der Waals surface area contributed by atoms with Crippen LogP contribution in [0.4, 0.5) is 10.5 Å². The molecule has 1 atom stereocenters.